The highest BCUT2D eigenvalue weighted by atomic mass is 127. The van der Waals surface area contributed by atoms with E-state index in [2.05, 4.69) is 46.6 Å². The van der Waals surface area contributed by atoms with Crippen LogP contribution in [0.2, 0.25) is 0 Å². The molecule has 0 saturated heterocycles. The zero-order valence-corrected chi connectivity index (χ0v) is 17.2. The summed E-state index contributed by atoms with van der Waals surface area (Å²) >= 11 is 2.36. The van der Waals surface area contributed by atoms with Gasteiger partial charge in [-0.2, -0.15) is 0 Å². The third kappa shape index (κ3) is 2.39. The lowest BCUT2D eigenvalue weighted by molar-refractivity contribution is -0.149. The second kappa shape index (κ2) is 6.07. The molecule has 0 unspecified atom stereocenters. The molecule has 134 valence electrons. The van der Waals surface area contributed by atoms with Crippen LogP contribution in [0.4, 0.5) is 0 Å². The van der Waals surface area contributed by atoms with Gasteiger partial charge < -0.3 is 5.11 Å². The molecule has 4 aliphatic rings. The molecule has 3 heteroatoms. The van der Waals surface area contributed by atoms with E-state index < -0.39 is 0 Å². The third-order valence-electron chi connectivity index (χ3n) is 8.85. The van der Waals surface area contributed by atoms with Crippen LogP contribution in [-0.2, 0) is 4.79 Å². The lowest BCUT2D eigenvalue weighted by atomic mass is 9.43. The van der Waals surface area contributed by atoms with Crippen molar-refractivity contribution in [3.63, 3.8) is 0 Å². The minimum Gasteiger partial charge on any atom is -0.393 e. The van der Waals surface area contributed by atoms with Crippen molar-refractivity contribution in [3.8, 4) is 0 Å². The van der Waals surface area contributed by atoms with Crippen LogP contribution in [0.5, 0.6) is 0 Å². The van der Waals surface area contributed by atoms with Crippen molar-refractivity contribution in [3.05, 3.63) is 10.2 Å². The predicted molar refractivity (Wildman–Crippen MR) is 105 cm³/mol. The van der Waals surface area contributed by atoms with Gasteiger partial charge in [-0.15, -0.1) is 0 Å². The van der Waals surface area contributed by atoms with E-state index in [9.17, 15) is 9.90 Å². The van der Waals surface area contributed by atoms with Gasteiger partial charge in [0, 0.05) is 12.8 Å². The molecule has 1 N–H and O–H groups in total. The number of carbonyl (C=O) groups excluding carboxylic acids is 1. The van der Waals surface area contributed by atoms with Crippen LogP contribution < -0.4 is 0 Å². The summed E-state index contributed by atoms with van der Waals surface area (Å²) in [6.45, 7) is 4.86. The fourth-order valence-corrected chi connectivity index (χ4v) is 7.92. The van der Waals surface area contributed by atoms with Crippen LogP contribution in [0.3, 0.4) is 0 Å². The Morgan fingerprint density at radius 2 is 1.88 bits per heavy atom. The normalized spacial score (nSPS) is 54.4. The van der Waals surface area contributed by atoms with E-state index in [1.165, 1.54) is 25.7 Å². The maximum Gasteiger partial charge on any atom is 0.133 e. The lowest BCUT2D eigenvalue weighted by Crippen LogP contribution is -2.56. The maximum absolute atomic E-state index is 12.1. The Morgan fingerprint density at radius 1 is 1.12 bits per heavy atom. The molecule has 0 aromatic heterocycles. The molecule has 0 bridgehead atoms. The number of fused-ring (bicyclic) bond motifs is 5. The van der Waals surface area contributed by atoms with E-state index in [1.807, 2.05) is 0 Å². The number of rotatable bonds is 1. The van der Waals surface area contributed by atoms with Crippen LogP contribution in [0.1, 0.15) is 65.2 Å². The first kappa shape index (κ1) is 17.5. The van der Waals surface area contributed by atoms with Gasteiger partial charge in [0.1, 0.15) is 5.78 Å². The largest absolute Gasteiger partial charge is 0.393 e. The topological polar surface area (TPSA) is 37.3 Å². The fourth-order valence-electron chi connectivity index (χ4n) is 7.38. The molecule has 24 heavy (non-hydrogen) atoms. The summed E-state index contributed by atoms with van der Waals surface area (Å²) in [5, 5.41) is 10.7. The Hall–Kier alpha value is 0.1000. The van der Waals surface area contributed by atoms with E-state index in [0.717, 1.165) is 31.6 Å². The Labute approximate surface area is 160 Å². The van der Waals surface area contributed by atoms with Gasteiger partial charge in [0.2, 0.25) is 0 Å². The van der Waals surface area contributed by atoms with Crippen LogP contribution in [-0.4, -0.2) is 17.0 Å². The van der Waals surface area contributed by atoms with E-state index in [4.69, 9.17) is 0 Å². The monoisotopic (exact) mass is 442 g/mol. The molecule has 8 atom stereocenters. The summed E-state index contributed by atoms with van der Waals surface area (Å²) in [5.74, 6) is 3.79. The first-order chi connectivity index (χ1) is 11.4. The highest BCUT2D eigenvalue weighted by molar-refractivity contribution is 14.1. The number of halogens is 1. The van der Waals surface area contributed by atoms with E-state index in [1.54, 1.807) is 0 Å². The molecule has 0 heterocycles. The van der Waals surface area contributed by atoms with Crippen molar-refractivity contribution in [2.75, 3.05) is 0 Å². The lowest BCUT2D eigenvalue weighted by Gasteiger charge is -2.62. The number of Topliss-reactive ketones (excluding diaryl/α,β-unsaturated/α-hetero) is 1. The number of allylic oxidation sites excluding steroid dienone is 1. The van der Waals surface area contributed by atoms with Crippen molar-refractivity contribution < 1.29 is 9.90 Å². The first-order valence-corrected chi connectivity index (χ1v) is 11.1. The smallest absolute Gasteiger partial charge is 0.133 e. The van der Waals surface area contributed by atoms with E-state index >= 15 is 0 Å². The molecule has 0 amide bonds. The molecule has 4 rings (SSSR count). The molecular weight excluding hydrogens is 411 g/mol. The number of hydrogen-bond donors (Lipinski definition) is 1. The Bertz CT molecular complexity index is 558. The summed E-state index contributed by atoms with van der Waals surface area (Å²) in [6, 6.07) is 0. The molecule has 2 nitrogen and oxygen atoms in total. The molecular formula is C21H31IO2. The van der Waals surface area contributed by atoms with Gasteiger partial charge in [0.05, 0.1) is 6.10 Å². The standard InChI is InChI=1S/C21H31IO2/c1-20-8-5-15(23)12-14(20)11-13(7-10-22)19-16-3-4-18(24)21(16,2)9-6-17(19)20/h7,10,13-14,16-19,24H,3-6,8-9,11-12H2,1-2H3/b10-7+/t13-,14+,16+,17+,18+,19+,20+,21+/m1/s1. The van der Waals surface area contributed by atoms with Crippen molar-refractivity contribution in [1.29, 1.82) is 0 Å². The average molecular weight is 442 g/mol. The van der Waals surface area contributed by atoms with Crippen LogP contribution >= 0.6 is 22.6 Å². The van der Waals surface area contributed by atoms with E-state index in [0.29, 0.717) is 34.9 Å². The molecule has 4 fully saturated rings. The summed E-state index contributed by atoms with van der Waals surface area (Å²) in [5.41, 5.74) is 0.481. The summed E-state index contributed by atoms with van der Waals surface area (Å²) in [6.07, 6.45) is 10.8. The van der Waals surface area contributed by atoms with Crippen molar-refractivity contribution in [1.82, 2.24) is 0 Å². The summed E-state index contributed by atoms with van der Waals surface area (Å²) in [4.78, 5) is 12.1. The highest BCUT2D eigenvalue weighted by Gasteiger charge is 2.62. The molecule has 0 aromatic carbocycles. The SMILES string of the molecule is C[C@]12CCC(=O)C[C@@H]1C[C@@H](/C=C/I)[C@@H]1[C@@H]2CC[C@]2(C)[C@@H](O)CC[C@@H]12. The molecule has 0 spiro atoms. The highest BCUT2D eigenvalue weighted by Crippen LogP contribution is 2.67. The van der Waals surface area contributed by atoms with Gasteiger partial charge in [0.15, 0.2) is 0 Å². The zero-order valence-electron chi connectivity index (χ0n) is 15.0. The van der Waals surface area contributed by atoms with Crippen LogP contribution in [0.15, 0.2) is 10.2 Å². The van der Waals surface area contributed by atoms with Gasteiger partial charge in [-0.25, -0.2) is 0 Å². The quantitative estimate of drug-likeness (QED) is 0.572. The number of aliphatic hydroxyl groups excluding tert-OH is 1. The minimum atomic E-state index is -0.105. The van der Waals surface area contributed by atoms with Gasteiger partial charge in [-0.1, -0.05) is 42.5 Å². The van der Waals surface area contributed by atoms with Gasteiger partial charge in [-0.05, 0) is 83.0 Å². The zero-order chi connectivity index (χ0) is 17.1. The Morgan fingerprint density at radius 3 is 2.62 bits per heavy atom. The number of hydrogen-bond acceptors (Lipinski definition) is 2. The second-order valence-corrected chi connectivity index (χ2v) is 10.3. The third-order valence-corrected chi connectivity index (χ3v) is 9.27. The van der Waals surface area contributed by atoms with Gasteiger partial charge in [0.25, 0.3) is 0 Å². The van der Waals surface area contributed by atoms with E-state index in [-0.39, 0.29) is 11.5 Å². The fraction of sp³-hybridized carbons (Fsp3) is 0.857. The van der Waals surface area contributed by atoms with Gasteiger partial charge >= 0.3 is 0 Å². The molecule has 4 aliphatic carbocycles. The molecule has 4 saturated carbocycles. The maximum atomic E-state index is 12.1. The molecule has 0 aliphatic heterocycles. The van der Waals surface area contributed by atoms with Crippen molar-refractivity contribution in [2.45, 2.75) is 71.3 Å². The molecule has 0 aromatic rings. The second-order valence-electron chi connectivity index (χ2n) is 9.59. The Kier molecular flexibility index (Phi) is 4.43. The summed E-state index contributed by atoms with van der Waals surface area (Å²) in [7, 11) is 0. The van der Waals surface area contributed by atoms with Gasteiger partial charge in [-0.3, -0.25) is 4.79 Å². The number of ketones is 1. The van der Waals surface area contributed by atoms with Crippen LogP contribution in [0, 0.1) is 40.4 Å². The van der Waals surface area contributed by atoms with Crippen LogP contribution in [0.25, 0.3) is 0 Å². The first-order valence-electron chi connectivity index (χ1n) is 9.87. The van der Waals surface area contributed by atoms with Crippen molar-refractivity contribution in [2.24, 2.45) is 40.4 Å². The summed E-state index contributed by atoms with van der Waals surface area (Å²) < 4.78 is 2.20. The predicted octanol–water partition coefficient (Wildman–Crippen LogP) is 5.13. The van der Waals surface area contributed by atoms with Crippen molar-refractivity contribution >= 4 is 28.4 Å². The number of carbonyl (C=O) groups is 1. The molecule has 0 radical (unpaired) electrons. The minimum absolute atomic E-state index is 0.105. The number of aliphatic hydroxyl groups is 1. The Balaban J connectivity index is 1.73. The average Bonchev–Trinajstić information content (AvgIpc) is 2.85.